The molecule has 0 fully saturated rings. The quantitative estimate of drug-likeness (QED) is 0.803. The van der Waals surface area contributed by atoms with Crippen LogP contribution in [0.1, 0.15) is 25.8 Å². The molecule has 1 heterocycles. The van der Waals surface area contributed by atoms with Crippen LogP contribution in [0.15, 0.2) is 28.9 Å². The second-order valence-corrected chi connectivity index (χ2v) is 6.18. The summed E-state index contributed by atoms with van der Waals surface area (Å²) >= 11 is 0. The molecule has 0 aliphatic rings. The molecule has 6 nitrogen and oxygen atoms in total. The number of carbonyl (C=O) groups excluding carboxylic acids is 1. The third kappa shape index (κ3) is 4.50. The zero-order chi connectivity index (χ0) is 17.7. The minimum atomic E-state index is -0.905. The molecule has 0 spiro atoms. The van der Waals surface area contributed by atoms with E-state index in [-0.39, 0.29) is 31.2 Å². The third-order valence-corrected chi connectivity index (χ3v) is 3.74. The second-order valence-electron chi connectivity index (χ2n) is 6.18. The molecule has 0 atom stereocenters. The third-order valence-electron chi connectivity index (χ3n) is 3.74. The van der Waals surface area contributed by atoms with Crippen LogP contribution in [0.4, 0.5) is 0 Å². The van der Waals surface area contributed by atoms with E-state index in [4.69, 9.17) is 14.3 Å². The molecule has 0 aliphatic heterocycles. The van der Waals surface area contributed by atoms with Crippen molar-refractivity contribution in [2.24, 2.45) is 5.92 Å². The number of ether oxygens (including phenoxy) is 1. The van der Waals surface area contributed by atoms with Crippen LogP contribution in [-0.4, -0.2) is 42.1 Å². The van der Waals surface area contributed by atoms with E-state index in [9.17, 15) is 9.59 Å². The lowest BCUT2D eigenvalue weighted by atomic mass is 10.1. The number of fused-ring (bicyclic) bond motifs is 1. The standard InChI is InChI=1S/C18H23NO5/c1-12(2)10-19(7-6-18(21)22)17(20)8-13-11-24-16-9-14(23-3)4-5-15(13)16/h4-5,9,11-12H,6-8,10H2,1-3H3,(H,21,22). The van der Waals surface area contributed by atoms with Gasteiger partial charge in [0.05, 0.1) is 26.2 Å². The lowest BCUT2D eigenvalue weighted by Gasteiger charge is -2.24. The van der Waals surface area contributed by atoms with E-state index in [1.807, 2.05) is 26.0 Å². The van der Waals surface area contributed by atoms with Crippen LogP contribution in [0.5, 0.6) is 5.75 Å². The topological polar surface area (TPSA) is 80.0 Å². The monoisotopic (exact) mass is 333 g/mol. The van der Waals surface area contributed by atoms with E-state index in [0.717, 1.165) is 10.9 Å². The van der Waals surface area contributed by atoms with Gasteiger partial charge in [0, 0.05) is 30.1 Å². The molecule has 130 valence electrons. The van der Waals surface area contributed by atoms with Crippen molar-refractivity contribution in [3.63, 3.8) is 0 Å². The minimum absolute atomic E-state index is 0.0538. The van der Waals surface area contributed by atoms with Crippen LogP contribution in [-0.2, 0) is 16.0 Å². The number of aliphatic carboxylic acids is 1. The number of furan rings is 1. The number of hydrogen-bond donors (Lipinski definition) is 1. The first-order valence-corrected chi connectivity index (χ1v) is 7.94. The fourth-order valence-electron chi connectivity index (χ4n) is 2.59. The summed E-state index contributed by atoms with van der Waals surface area (Å²) in [4.78, 5) is 25.0. The van der Waals surface area contributed by atoms with Gasteiger partial charge in [-0.15, -0.1) is 0 Å². The van der Waals surface area contributed by atoms with Gasteiger partial charge in [0.15, 0.2) is 0 Å². The Labute approximate surface area is 141 Å². The first kappa shape index (κ1) is 17.8. The van der Waals surface area contributed by atoms with Crippen LogP contribution in [0, 0.1) is 5.92 Å². The molecule has 24 heavy (non-hydrogen) atoms. The number of carboxylic acids is 1. The van der Waals surface area contributed by atoms with Crippen LogP contribution >= 0.6 is 0 Å². The Morgan fingerprint density at radius 2 is 2.08 bits per heavy atom. The van der Waals surface area contributed by atoms with Crippen LogP contribution in [0.3, 0.4) is 0 Å². The van der Waals surface area contributed by atoms with Gasteiger partial charge in [-0.05, 0) is 18.1 Å². The summed E-state index contributed by atoms with van der Waals surface area (Å²) in [6, 6.07) is 5.46. The molecule has 0 saturated carbocycles. The average molecular weight is 333 g/mol. The number of carbonyl (C=O) groups is 2. The Morgan fingerprint density at radius 1 is 1.33 bits per heavy atom. The highest BCUT2D eigenvalue weighted by Crippen LogP contribution is 2.26. The van der Waals surface area contributed by atoms with Crippen LogP contribution in [0.2, 0.25) is 0 Å². The Bertz CT molecular complexity index is 719. The number of carboxylic acid groups (broad SMARTS) is 1. The summed E-state index contributed by atoms with van der Waals surface area (Å²) in [5.74, 6) is -0.0356. The number of benzene rings is 1. The molecule has 0 saturated heterocycles. The molecule has 2 rings (SSSR count). The summed E-state index contributed by atoms with van der Waals surface area (Å²) in [5.41, 5.74) is 1.46. The maximum atomic E-state index is 12.6. The normalized spacial score (nSPS) is 11.0. The van der Waals surface area contributed by atoms with E-state index in [1.165, 1.54) is 0 Å². The van der Waals surface area contributed by atoms with Crippen molar-refractivity contribution >= 4 is 22.8 Å². The molecular weight excluding hydrogens is 310 g/mol. The zero-order valence-electron chi connectivity index (χ0n) is 14.2. The Kier molecular flexibility index (Phi) is 5.84. The first-order valence-electron chi connectivity index (χ1n) is 7.94. The van der Waals surface area contributed by atoms with Gasteiger partial charge in [0.2, 0.25) is 5.91 Å². The molecule has 6 heteroatoms. The van der Waals surface area contributed by atoms with E-state index < -0.39 is 5.97 Å². The van der Waals surface area contributed by atoms with Crippen molar-refractivity contribution < 1.29 is 23.8 Å². The van der Waals surface area contributed by atoms with Gasteiger partial charge < -0.3 is 19.2 Å². The number of nitrogens with zero attached hydrogens (tertiary/aromatic N) is 1. The molecule has 0 bridgehead atoms. The molecule has 0 radical (unpaired) electrons. The van der Waals surface area contributed by atoms with Gasteiger partial charge in [-0.1, -0.05) is 13.8 Å². The summed E-state index contributed by atoms with van der Waals surface area (Å²) in [5, 5.41) is 9.73. The molecule has 1 N–H and O–H groups in total. The molecule has 2 aromatic rings. The Balaban J connectivity index is 2.14. The van der Waals surface area contributed by atoms with Gasteiger partial charge >= 0.3 is 5.97 Å². The Morgan fingerprint density at radius 3 is 2.71 bits per heavy atom. The summed E-state index contributed by atoms with van der Waals surface area (Å²) in [6.45, 7) is 4.76. The molecule has 1 aromatic heterocycles. The Hall–Kier alpha value is -2.50. The SMILES string of the molecule is COc1ccc2c(CC(=O)N(CCC(=O)O)CC(C)C)coc2c1. The average Bonchev–Trinajstić information content (AvgIpc) is 2.92. The highest BCUT2D eigenvalue weighted by molar-refractivity contribution is 5.88. The van der Waals surface area contributed by atoms with Crippen molar-refractivity contribution in [1.82, 2.24) is 4.90 Å². The molecular formula is C18H23NO5. The van der Waals surface area contributed by atoms with Crippen LogP contribution < -0.4 is 4.74 Å². The largest absolute Gasteiger partial charge is 0.497 e. The fourth-order valence-corrected chi connectivity index (χ4v) is 2.59. The molecule has 0 aliphatic carbocycles. The smallest absolute Gasteiger partial charge is 0.305 e. The molecule has 1 amide bonds. The fraction of sp³-hybridized carbons (Fsp3) is 0.444. The maximum absolute atomic E-state index is 12.6. The lowest BCUT2D eigenvalue weighted by Crippen LogP contribution is -2.36. The zero-order valence-corrected chi connectivity index (χ0v) is 14.2. The van der Waals surface area contributed by atoms with Gasteiger partial charge in [-0.3, -0.25) is 9.59 Å². The maximum Gasteiger partial charge on any atom is 0.305 e. The number of methoxy groups -OCH3 is 1. The van der Waals surface area contributed by atoms with Gasteiger partial charge in [-0.2, -0.15) is 0 Å². The van der Waals surface area contributed by atoms with Crippen molar-refractivity contribution in [2.75, 3.05) is 20.2 Å². The summed E-state index contributed by atoms with van der Waals surface area (Å²) < 4.78 is 10.7. The van der Waals surface area contributed by atoms with Crippen molar-refractivity contribution in [3.05, 3.63) is 30.0 Å². The summed E-state index contributed by atoms with van der Waals surface area (Å²) in [6.07, 6.45) is 1.71. The highest BCUT2D eigenvalue weighted by Gasteiger charge is 2.19. The lowest BCUT2D eigenvalue weighted by molar-refractivity contribution is -0.138. The number of rotatable bonds is 8. The first-order chi connectivity index (χ1) is 11.4. The van der Waals surface area contributed by atoms with E-state index in [0.29, 0.717) is 17.9 Å². The second kappa shape index (κ2) is 7.86. The van der Waals surface area contributed by atoms with Gasteiger partial charge in [0.25, 0.3) is 0 Å². The summed E-state index contributed by atoms with van der Waals surface area (Å²) in [7, 11) is 1.58. The predicted octanol–water partition coefficient (Wildman–Crippen LogP) is 2.94. The van der Waals surface area contributed by atoms with Gasteiger partial charge in [0.1, 0.15) is 11.3 Å². The van der Waals surface area contributed by atoms with Crippen molar-refractivity contribution in [1.29, 1.82) is 0 Å². The van der Waals surface area contributed by atoms with E-state index in [2.05, 4.69) is 0 Å². The van der Waals surface area contributed by atoms with Gasteiger partial charge in [-0.25, -0.2) is 0 Å². The minimum Gasteiger partial charge on any atom is -0.497 e. The molecule has 0 unspecified atom stereocenters. The molecule has 1 aromatic carbocycles. The van der Waals surface area contributed by atoms with E-state index in [1.54, 1.807) is 24.3 Å². The predicted molar refractivity (Wildman–Crippen MR) is 90.1 cm³/mol. The van der Waals surface area contributed by atoms with Crippen molar-refractivity contribution in [2.45, 2.75) is 26.7 Å². The van der Waals surface area contributed by atoms with E-state index >= 15 is 0 Å². The highest BCUT2D eigenvalue weighted by atomic mass is 16.5. The van der Waals surface area contributed by atoms with Crippen molar-refractivity contribution in [3.8, 4) is 5.75 Å². The number of hydrogen-bond acceptors (Lipinski definition) is 4. The van der Waals surface area contributed by atoms with Crippen LogP contribution in [0.25, 0.3) is 11.0 Å². The number of amides is 1.